The SMILES string of the molecule is CC.CC1(C)OB(c2ccc3c(c2)OC2(CCN(C4CCC4)CC2)C3)OC1(C)C. The van der Waals surface area contributed by atoms with E-state index in [1.807, 2.05) is 13.8 Å². The molecule has 1 aromatic rings. The second-order valence-corrected chi connectivity index (χ2v) is 10.0. The molecule has 3 fully saturated rings. The third-order valence-electron chi connectivity index (χ3n) is 7.76. The van der Waals surface area contributed by atoms with Crippen molar-refractivity contribution in [1.82, 2.24) is 4.90 Å². The molecule has 5 heteroatoms. The number of hydrogen-bond donors (Lipinski definition) is 0. The minimum Gasteiger partial charge on any atom is -0.487 e. The summed E-state index contributed by atoms with van der Waals surface area (Å²) in [6.07, 6.45) is 7.53. The Kier molecular flexibility index (Phi) is 5.54. The van der Waals surface area contributed by atoms with Crippen molar-refractivity contribution in [3.8, 4) is 5.75 Å². The van der Waals surface area contributed by atoms with Crippen LogP contribution in [0.15, 0.2) is 18.2 Å². The average molecular weight is 399 g/mol. The van der Waals surface area contributed by atoms with Crippen molar-refractivity contribution in [2.45, 2.75) is 103 Å². The summed E-state index contributed by atoms with van der Waals surface area (Å²) in [6, 6.07) is 7.39. The van der Waals surface area contributed by atoms with Crippen LogP contribution in [0.1, 0.15) is 79.2 Å². The van der Waals surface area contributed by atoms with Crippen molar-refractivity contribution >= 4 is 12.6 Å². The van der Waals surface area contributed by atoms with E-state index in [1.165, 1.54) is 37.9 Å². The summed E-state index contributed by atoms with van der Waals surface area (Å²) in [5.41, 5.74) is 1.79. The molecular weight excluding hydrogens is 361 g/mol. The van der Waals surface area contributed by atoms with Gasteiger partial charge in [0.15, 0.2) is 0 Å². The summed E-state index contributed by atoms with van der Waals surface area (Å²) in [5, 5.41) is 0. The Labute approximate surface area is 177 Å². The first-order chi connectivity index (χ1) is 13.8. The zero-order valence-electron chi connectivity index (χ0n) is 19.2. The largest absolute Gasteiger partial charge is 0.494 e. The molecule has 0 amide bonds. The van der Waals surface area contributed by atoms with Crippen molar-refractivity contribution in [2.75, 3.05) is 13.1 Å². The molecule has 0 N–H and O–H groups in total. The molecule has 4 aliphatic rings. The Morgan fingerprint density at radius 3 is 2.14 bits per heavy atom. The van der Waals surface area contributed by atoms with Gasteiger partial charge in [-0.25, -0.2) is 0 Å². The molecule has 2 saturated heterocycles. The van der Waals surface area contributed by atoms with Gasteiger partial charge in [-0.15, -0.1) is 0 Å². The maximum atomic E-state index is 6.58. The predicted molar refractivity (Wildman–Crippen MR) is 119 cm³/mol. The molecule has 3 heterocycles. The fourth-order valence-corrected chi connectivity index (χ4v) is 4.88. The van der Waals surface area contributed by atoms with Crippen molar-refractivity contribution in [3.05, 3.63) is 23.8 Å². The lowest BCUT2D eigenvalue weighted by Crippen LogP contribution is -2.52. The van der Waals surface area contributed by atoms with E-state index in [1.54, 1.807) is 0 Å². The Hall–Kier alpha value is -1.04. The molecule has 1 spiro atoms. The summed E-state index contributed by atoms with van der Waals surface area (Å²) in [5.74, 6) is 1.04. The number of piperidine rings is 1. The first kappa shape index (κ1) is 21.2. The third kappa shape index (κ3) is 3.75. The van der Waals surface area contributed by atoms with Gasteiger partial charge < -0.3 is 18.9 Å². The molecule has 1 aliphatic carbocycles. The molecular formula is C24H38BNO3. The molecule has 0 aromatic heterocycles. The molecule has 4 nitrogen and oxygen atoms in total. The number of ether oxygens (including phenoxy) is 1. The van der Waals surface area contributed by atoms with Crippen LogP contribution in [0.5, 0.6) is 5.75 Å². The lowest BCUT2D eigenvalue weighted by atomic mass is 9.78. The van der Waals surface area contributed by atoms with Crippen molar-refractivity contribution < 1.29 is 14.0 Å². The zero-order chi connectivity index (χ0) is 20.9. The van der Waals surface area contributed by atoms with E-state index in [9.17, 15) is 0 Å². The molecule has 160 valence electrons. The fraction of sp³-hybridized carbons (Fsp3) is 0.750. The van der Waals surface area contributed by atoms with Gasteiger partial charge in [0.05, 0.1) is 11.2 Å². The van der Waals surface area contributed by atoms with E-state index in [-0.39, 0.29) is 23.9 Å². The number of nitrogens with zero attached hydrogens (tertiary/aromatic N) is 1. The Morgan fingerprint density at radius 1 is 0.966 bits per heavy atom. The number of benzene rings is 1. The standard InChI is InChI=1S/C22H32BNO3.C2H6/c1-20(2)21(3,4)27-23(26-20)17-9-8-16-15-22(25-19(16)14-17)10-12-24(13-11-22)18-6-5-7-18;1-2/h8-9,14,18H,5-7,10-13,15H2,1-4H3;1-2H3. The molecule has 1 aromatic carbocycles. The molecule has 3 aliphatic heterocycles. The molecule has 1 saturated carbocycles. The van der Waals surface area contributed by atoms with Gasteiger partial charge in [-0.2, -0.15) is 0 Å². The van der Waals surface area contributed by atoms with Crippen LogP contribution in [-0.2, 0) is 15.7 Å². The molecule has 5 rings (SSSR count). The van der Waals surface area contributed by atoms with Gasteiger partial charge in [0.2, 0.25) is 0 Å². The number of fused-ring (bicyclic) bond motifs is 1. The van der Waals surface area contributed by atoms with Crippen LogP contribution >= 0.6 is 0 Å². The van der Waals surface area contributed by atoms with Crippen LogP contribution in [-0.4, -0.2) is 48.0 Å². The highest BCUT2D eigenvalue weighted by Gasteiger charge is 2.52. The first-order valence-corrected chi connectivity index (χ1v) is 11.7. The maximum Gasteiger partial charge on any atom is 0.494 e. The maximum absolute atomic E-state index is 6.58. The van der Waals surface area contributed by atoms with Crippen LogP contribution in [0, 0.1) is 0 Å². The minimum atomic E-state index is -0.319. The van der Waals surface area contributed by atoms with Crippen molar-refractivity contribution in [2.24, 2.45) is 0 Å². The molecule has 0 bridgehead atoms. The molecule has 0 radical (unpaired) electrons. The number of rotatable bonds is 2. The van der Waals surface area contributed by atoms with E-state index in [0.29, 0.717) is 0 Å². The lowest BCUT2D eigenvalue weighted by molar-refractivity contribution is -0.00745. The highest BCUT2D eigenvalue weighted by molar-refractivity contribution is 6.62. The highest BCUT2D eigenvalue weighted by Crippen LogP contribution is 2.43. The smallest absolute Gasteiger partial charge is 0.487 e. The lowest BCUT2D eigenvalue weighted by Gasteiger charge is -2.45. The normalized spacial score (nSPS) is 27.0. The van der Waals surface area contributed by atoms with Gasteiger partial charge in [0.25, 0.3) is 0 Å². The average Bonchev–Trinajstić information content (AvgIpc) is 3.10. The number of likely N-dealkylation sites (tertiary alicyclic amines) is 1. The van der Waals surface area contributed by atoms with Crippen LogP contribution in [0.2, 0.25) is 0 Å². The highest BCUT2D eigenvalue weighted by atomic mass is 16.7. The van der Waals surface area contributed by atoms with Gasteiger partial charge in [0.1, 0.15) is 11.4 Å². The predicted octanol–water partition coefficient (Wildman–Crippen LogP) is 4.33. The van der Waals surface area contributed by atoms with E-state index < -0.39 is 0 Å². The Balaban J connectivity index is 0.000000994. The Bertz CT molecular complexity index is 720. The fourth-order valence-electron chi connectivity index (χ4n) is 4.88. The van der Waals surface area contributed by atoms with Crippen molar-refractivity contribution in [1.29, 1.82) is 0 Å². The molecule has 0 atom stereocenters. The quantitative estimate of drug-likeness (QED) is 0.693. The van der Waals surface area contributed by atoms with Crippen LogP contribution < -0.4 is 10.2 Å². The van der Waals surface area contributed by atoms with E-state index in [2.05, 4.69) is 50.8 Å². The summed E-state index contributed by atoms with van der Waals surface area (Å²) in [4.78, 5) is 2.69. The molecule has 29 heavy (non-hydrogen) atoms. The van der Waals surface area contributed by atoms with Crippen LogP contribution in [0.4, 0.5) is 0 Å². The first-order valence-electron chi connectivity index (χ1n) is 11.7. The van der Waals surface area contributed by atoms with E-state index in [0.717, 1.165) is 36.5 Å². The van der Waals surface area contributed by atoms with E-state index in [4.69, 9.17) is 14.0 Å². The minimum absolute atomic E-state index is 0.0110. The van der Waals surface area contributed by atoms with Crippen LogP contribution in [0.25, 0.3) is 0 Å². The zero-order valence-corrected chi connectivity index (χ0v) is 19.2. The Morgan fingerprint density at radius 2 is 1.59 bits per heavy atom. The second kappa shape index (κ2) is 7.58. The topological polar surface area (TPSA) is 30.9 Å². The summed E-state index contributed by atoms with van der Waals surface area (Å²) in [6.45, 7) is 14.8. The van der Waals surface area contributed by atoms with Gasteiger partial charge in [-0.3, -0.25) is 0 Å². The van der Waals surface area contributed by atoms with Crippen molar-refractivity contribution in [3.63, 3.8) is 0 Å². The van der Waals surface area contributed by atoms with Gasteiger partial charge in [0, 0.05) is 38.4 Å². The van der Waals surface area contributed by atoms with Gasteiger partial charge in [-0.05, 0) is 57.6 Å². The van der Waals surface area contributed by atoms with Gasteiger partial charge >= 0.3 is 7.12 Å². The van der Waals surface area contributed by atoms with Gasteiger partial charge in [-0.1, -0.05) is 32.4 Å². The second-order valence-electron chi connectivity index (χ2n) is 10.0. The molecule has 0 unspecified atom stereocenters. The third-order valence-corrected chi connectivity index (χ3v) is 7.76. The summed E-state index contributed by atoms with van der Waals surface area (Å²) in [7, 11) is -0.319. The van der Waals surface area contributed by atoms with E-state index >= 15 is 0 Å². The monoisotopic (exact) mass is 399 g/mol. The summed E-state index contributed by atoms with van der Waals surface area (Å²) < 4.78 is 19.0. The summed E-state index contributed by atoms with van der Waals surface area (Å²) >= 11 is 0. The number of hydrogen-bond acceptors (Lipinski definition) is 4. The van der Waals surface area contributed by atoms with Crippen LogP contribution in [0.3, 0.4) is 0 Å².